The van der Waals surface area contributed by atoms with Crippen molar-refractivity contribution in [2.45, 2.75) is 12.6 Å². The number of hydrogen-bond acceptors (Lipinski definition) is 4. The van der Waals surface area contributed by atoms with Gasteiger partial charge in [-0.3, -0.25) is 4.90 Å². The highest BCUT2D eigenvalue weighted by Gasteiger charge is 2.31. The zero-order chi connectivity index (χ0) is 27.7. The minimum Gasteiger partial charge on any atom is -0.497 e. The van der Waals surface area contributed by atoms with Crippen LogP contribution in [0.4, 0.5) is 39.8 Å². The fraction of sp³-hybridized carbons (Fsp3) is 0.231. The summed E-state index contributed by atoms with van der Waals surface area (Å²) in [6, 6.07) is 14.5. The number of benzene rings is 3. The summed E-state index contributed by atoms with van der Waals surface area (Å²) >= 11 is 5.97. The molecule has 0 saturated carbocycles. The number of halogens is 4. The first kappa shape index (κ1) is 28.5. The fourth-order valence-electron chi connectivity index (χ4n) is 3.46. The summed E-state index contributed by atoms with van der Waals surface area (Å²) < 4.78 is 50.2. The molecule has 3 aromatic carbocycles. The molecule has 0 bridgehead atoms. The summed E-state index contributed by atoms with van der Waals surface area (Å²) in [5, 5.41) is 8.34. The average Bonchev–Trinajstić information content (AvgIpc) is 2.88. The highest BCUT2D eigenvalue weighted by molar-refractivity contribution is 6.30. The van der Waals surface area contributed by atoms with E-state index >= 15 is 0 Å². The first-order chi connectivity index (χ1) is 18.1. The van der Waals surface area contributed by atoms with Gasteiger partial charge in [-0.2, -0.15) is 13.2 Å². The van der Waals surface area contributed by atoms with E-state index in [1.165, 1.54) is 37.3 Å². The van der Waals surface area contributed by atoms with Gasteiger partial charge in [0.1, 0.15) is 11.5 Å². The van der Waals surface area contributed by atoms with Crippen molar-refractivity contribution in [2.75, 3.05) is 42.8 Å². The van der Waals surface area contributed by atoms with Gasteiger partial charge in [0.25, 0.3) is 0 Å². The third-order valence-electron chi connectivity index (χ3n) is 5.31. The Labute approximate surface area is 222 Å². The lowest BCUT2D eigenvalue weighted by molar-refractivity contribution is -0.137. The van der Waals surface area contributed by atoms with Crippen LogP contribution in [-0.4, -0.2) is 39.4 Å². The molecule has 0 aliphatic heterocycles. The molecule has 3 rings (SSSR count). The maximum Gasteiger partial charge on any atom is 0.416 e. The van der Waals surface area contributed by atoms with Crippen molar-refractivity contribution >= 4 is 40.7 Å². The highest BCUT2D eigenvalue weighted by atomic mass is 35.5. The molecule has 12 heteroatoms. The molecule has 0 fully saturated rings. The van der Waals surface area contributed by atoms with Crippen molar-refractivity contribution in [3.05, 3.63) is 77.3 Å². The van der Waals surface area contributed by atoms with Crippen LogP contribution in [0, 0.1) is 0 Å². The molecule has 38 heavy (non-hydrogen) atoms. The maximum absolute atomic E-state index is 13.3. The summed E-state index contributed by atoms with van der Waals surface area (Å²) in [6.07, 6.45) is -4.33. The molecular weight excluding hydrogens is 525 g/mol. The SMILES string of the molecule is COc1ccc(NC(=O)NCCCN(C(=O)Nc2cccc(Cl)c2)c2cccc(C(F)(F)F)c2)c(OC)c1. The Morgan fingerprint density at radius 2 is 1.71 bits per heavy atom. The van der Waals surface area contributed by atoms with Crippen LogP contribution < -0.4 is 30.3 Å². The number of rotatable bonds is 9. The summed E-state index contributed by atoms with van der Waals surface area (Å²) in [4.78, 5) is 26.6. The second kappa shape index (κ2) is 12.9. The monoisotopic (exact) mass is 550 g/mol. The van der Waals surface area contributed by atoms with Crippen LogP contribution in [0.15, 0.2) is 66.7 Å². The minimum atomic E-state index is -4.58. The zero-order valence-corrected chi connectivity index (χ0v) is 21.3. The molecule has 0 atom stereocenters. The molecule has 0 unspecified atom stereocenters. The average molecular weight is 551 g/mol. The molecular formula is C26H26ClF3N4O4. The lowest BCUT2D eigenvalue weighted by Crippen LogP contribution is -2.38. The number of methoxy groups -OCH3 is 2. The van der Waals surface area contributed by atoms with Crippen molar-refractivity contribution in [3.8, 4) is 11.5 Å². The number of nitrogens with one attached hydrogen (secondary N) is 3. The normalized spacial score (nSPS) is 10.9. The molecule has 3 N–H and O–H groups in total. The number of anilines is 3. The molecule has 0 aliphatic carbocycles. The van der Waals surface area contributed by atoms with Crippen molar-refractivity contribution in [3.63, 3.8) is 0 Å². The van der Waals surface area contributed by atoms with E-state index in [4.69, 9.17) is 21.1 Å². The molecule has 0 radical (unpaired) electrons. The topological polar surface area (TPSA) is 91.9 Å². The van der Waals surface area contributed by atoms with E-state index in [0.29, 0.717) is 27.9 Å². The minimum absolute atomic E-state index is 0.0137. The van der Waals surface area contributed by atoms with Crippen molar-refractivity contribution in [2.24, 2.45) is 0 Å². The molecule has 4 amide bonds. The number of amides is 4. The van der Waals surface area contributed by atoms with Crippen molar-refractivity contribution in [1.29, 1.82) is 0 Å². The lowest BCUT2D eigenvalue weighted by Gasteiger charge is -2.24. The first-order valence-corrected chi connectivity index (χ1v) is 11.8. The summed E-state index contributed by atoms with van der Waals surface area (Å²) in [7, 11) is 2.96. The summed E-state index contributed by atoms with van der Waals surface area (Å²) in [5.74, 6) is 0.950. The molecule has 8 nitrogen and oxygen atoms in total. The second-order valence-corrected chi connectivity index (χ2v) is 8.38. The number of urea groups is 2. The molecule has 0 heterocycles. The first-order valence-electron chi connectivity index (χ1n) is 11.4. The number of hydrogen-bond donors (Lipinski definition) is 3. The Morgan fingerprint density at radius 3 is 2.39 bits per heavy atom. The van der Waals surface area contributed by atoms with Gasteiger partial charge >= 0.3 is 18.2 Å². The standard InChI is InChI=1S/C26H26ClF3N4O4/c1-37-21-10-11-22(23(16-21)38-2)33-24(35)31-12-5-13-34(20-9-3-6-17(14-20)26(28,29)30)25(36)32-19-8-4-7-18(27)15-19/h3-4,6-11,14-16H,5,12-13H2,1-2H3,(H,32,36)(H2,31,33,35). The van der Waals surface area contributed by atoms with Crippen LogP contribution in [0.1, 0.15) is 12.0 Å². The third-order valence-corrected chi connectivity index (χ3v) is 5.54. The van der Waals surface area contributed by atoms with Gasteiger partial charge < -0.3 is 25.4 Å². The Bertz CT molecular complexity index is 1270. The molecule has 0 spiro atoms. The van der Waals surface area contributed by atoms with Gasteiger partial charge in [0.2, 0.25) is 0 Å². The molecule has 3 aromatic rings. The smallest absolute Gasteiger partial charge is 0.416 e. The predicted molar refractivity (Wildman–Crippen MR) is 140 cm³/mol. The number of carbonyl (C=O) groups excluding carboxylic acids is 2. The molecule has 0 aromatic heterocycles. The molecule has 0 aliphatic rings. The summed E-state index contributed by atoms with van der Waals surface area (Å²) in [5.41, 5.74) is -0.0454. The van der Waals surface area contributed by atoms with Crippen LogP contribution in [0.25, 0.3) is 0 Å². The van der Waals surface area contributed by atoms with E-state index in [1.807, 2.05) is 0 Å². The van der Waals surface area contributed by atoms with Gasteiger partial charge in [-0.05, 0) is 55.0 Å². The quantitative estimate of drug-likeness (QED) is 0.261. The molecule has 0 saturated heterocycles. The van der Waals surface area contributed by atoms with Crippen molar-refractivity contribution in [1.82, 2.24) is 5.32 Å². The van der Waals surface area contributed by atoms with E-state index in [2.05, 4.69) is 16.0 Å². The van der Waals surface area contributed by atoms with Gasteiger partial charge in [0.05, 0.1) is 25.5 Å². The van der Waals surface area contributed by atoms with E-state index in [-0.39, 0.29) is 25.2 Å². The maximum atomic E-state index is 13.3. The predicted octanol–water partition coefficient (Wildman–Crippen LogP) is 6.63. The number of nitrogens with zero attached hydrogens (tertiary/aromatic N) is 1. The van der Waals surface area contributed by atoms with E-state index in [0.717, 1.165) is 12.1 Å². The van der Waals surface area contributed by atoms with Gasteiger partial charge in [-0.15, -0.1) is 0 Å². The Balaban J connectivity index is 1.67. The largest absolute Gasteiger partial charge is 0.497 e. The summed E-state index contributed by atoms with van der Waals surface area (Å²) in [6.45, 7) is 0.143. The Hall–Kier alpha value is -4.12. The lowest BCUT2D eigenvalue weighted by atomic mass is 10.1. The van der Waals surface area contributed by atoms with Gasteiger partial charge in [-0.25, -0.2) is 9.59 Å². The van der Waals surface area contributed by atoms with Gasteiger partial charge in [0, 0.05) is 35.6 Å². The Kier molecular flexibility index (Phi) is 9.66. The van der Waals surface area contributed by atoms with Crippen LogP contribution in [-0.2, 0) is 6.18 Å². The Morgan fingerprint density at radius 1 is 0.947 bits per heavy atom. The number of ether oxygens (including phenoxy) is 2. The number of alkyl halides is 3. The number of carbonyl (C=O) groups is 2. The fourth-order valence-corrected chi connectivity index (χ4v) is 3.65. The van der Waals surface area contributed by atoms with E-state index in [1.54, 1.807) is 36.4 Å². The highest BCUT2D eigenvalue weighted by Crippen LogP contribution is 2.32. The molecule has 202 valence electrons. The van der Waals surface area contributed by atoms with E-state index in [9.17, 15) is 22.8 Å². The van der Waals surface area contributed by atoms with Crippen molar-refractivity contribution < 1.29 is 32.2 Å². The van der Waals surface area contributed by atoms with Crippen LogP contribution in [0.2, 0.25) is 5.02 Å². The van der Waals surface area contributed by atoms with E-state index < -0.39 is 23.8 Å². The van der Waals surface area contributed by atoms with Gasteiger partial charge in [-0.1, -0.05) is 23.7 Å². The van der Waals surface area contributed by atoms with Gasteiger partial charge in [0.15, 0.2) is 0 Å². The van der Waals surface area contributed by atoms with Crippen LogP contribution in [0.5, 0.6) is 11.5 Å². The second-order valence-electron chi connectivity index (χ2n) is 7.94. The zero-order valence-electron chi connectivity index (χ0n) is 20.6. The van der Waals surface area contributed by atoms with Crippen LogP contribution in [0.3, 0.4) is 0 Å². The van der Waals surface area contributed by atoms with Crippen LogP contribution >= 0.6 is 11.6 Å². The third kappa shape index (κ3) is 7.94.